The monoisotopic (exact) mass is 361 g/mol. The average Bonchev–Trinajstić information content (AvgIpc) is 3.40. The number of nitrogens with zero attached hydrogens (tertiary/aromatic N) is 6. The largest absolute Gasteiger partial charge is 0.323 e. The van der Waals surface area contributed by atoms with Crippen LogP contribution in [0.1, 0.15) is 35.9 Å². The van der Waals surface area contributed by atoms with Gasteiger partial charge in [-0.25, -0.2) is 9.97 Å². The Bertz CT molecular complexity index is 1010. The zero-order chi connectivity index (χ0) is 18.8. The molecule has 0 bridgehead atoms. The summed E-state index contributed by atoms with van der Waals surface area (Å²) in [5, 5.41) is 11.6. The molecule has 0 spiro atoms. The molecule has 0 fully saturated rings. The third-order valence-corrected chi connectivity index (χ3v) is 4.85. The van der Waals surface area contributed by atoms with Crippen molar-refractivity contribution in [3.8, 4) is 11.3 Å². The van der Waals surface area contributed by atoms with Crippen molar-refractivity contribution >= 4 is 0 Å². The lowest BCUT2D eigenvalue weighted by Crippen LogP contribution is -2.14. The Balaban J connectivity index is 1.71. The maximum absolute atomic E-state index is 4.73. The fourth-order valence-corrected chi connectivity index (χ4v) is 3.47. The fourth-order valence-electron chi connectivity index (χ4n) is 3.47. The van der Waals surface area contributed by atoms with E-state index < -0.39 is 0 Å². The molecule has 1 N–H and O–H groups in total. The molecule has 1 aromatic carbocycles. The van der Waals surface area contributed by atoms with Gasteiger partial charge in [-0.05, 0) is 26.8 Å². The van der Waals surface area contributed by atoms with Crippen LogP contribution in [0.3, 0.4) is 0 Å². The summed E-state index contributed by atoms with van der Waals surface area (Å²) in [6.45, 7) is 7.01. The molecule has 4 aromatic rings. The summed E-state index contributed by atoms with van der Waals surface area (Å²) in [5.74, 6) is 0.819. The van der Waals surface area contributed by atoms with Crippen molar-refractivity contribution in [3.63, 3.8) is 0 Å². The lowest BCUT2D eigenvalue weighted by molar-refractivity contribution is 0.539. The smallest absolute Gasteiger partial charge is 0.147 e. The summed E-state index contributed by atoms with van der Waals surface area (Å²) in [6, 6.07) is 12.4. The maximum Gasteiger partial charge on any atom is 0.147 e. The minimum atomic E-state index is 0.0212. The van der Waals surface area contributed by atoms with Crippen LogP contribution in [0.2, 0.25) is 0 Å². The minimum Gasteiger partial charge on any atom is -0.323 e. The van der Waals surface area contributed by atoms with Gasteiger partial charge in [-0.3, -0.25) is 9.78 Å². The first-order valence-electron chi connectivity index (χ1n) is 9.11. The van der Waals surface area contributed by atoms with Crippen LogP contribution in [-0.4, -0.2) is 34.5 Å². The van der Waals surface area contributed by atoms with Crippen molar-refractivity contribution in [2.45, 2.75) is 39.8 Å². The fraction of sp³-hybridized carbons (Fsp3) is 0.300. The molecule has 7 heteroatoms. The van der Waals surface area contributed by atoms with Gasteiger partial charge in [-0.15, -0.1) is 0 Å². The van der Waals surface area contributed by atoms with E-state index in [0.29, 0.717) is 0 Å². The molecule has 0 amide bonds. The SMILES string of the molecule is Cc1cc(C)n(CCc2c(-c3ccccc3)ncn2[C@H](C)c2ncn[nH]2)n1. The number of aromatic amines is 1. The number of imidazole rings is 1. The number of hydrogen-bond acceptors (Lipinski definition) is 4. The molecule has 7 nitrogen and oxygen atoms in total. The summed E-state index contributed by atoms with van der Waals surface area (Å²) in [4.78, 5) is 9.05. The number of aromatic nitrogens is 7. The number of aryl methyl sites for hydroxylation is 3. The number of H-pyrrole nitrogens is 1. The molecule has 3 aromatic heterocycles. The zero-order valence-electron chi connectivity index (χ0n) is 15.8. The lowest BCUT2D eigenvalue weighted by atomic mass is 10.1. The van der Waals surface area contributed by atoms with Crippen LogP contribution >= 0.6 is 0 Å². The van der Waals surface area contributed by atoms with E-state index in [1.807, 2.05) is 31.5 Å². The molecule has 0 saturated heterocycles. The van der Waals surface area contributed by atoms with Gasteiger partial charge in [0.1, 0.15) is 12.2 Å². The Kier molecular flexibility index (Phi) is 4.58. The number of nitrogens with one attached hydrogen (secondary N) is 1. The van der Waals surface area contributed by atoms with E-state index in [4.69, 9.17) is 4.98 Å². The first kappa shape index (κ1) is 17.2. The molecular weight excluding hydrogens is 338 g/mol. The maximum atomic E-state index is 4.73. The van der Waals surface area contributed by atoms with Crippen LogP contribution in [-0.2, 0) is 13.0 Å². The van der Waals surface area contributed by atoms with Gasteiger partial charge in [0.2, 0.25) is 0 Å². The van der Waals surface area contributed by atoms with Gasteiger partial charge in [0.05, 0.1) is 23.8 Å². The van der Waals surface area contributed by atoms with Crippen molar-refractivity contribution in [2.24, 2.45) is 0 Å². The van der Waals surface area contributed by atoms with E-state index in [1.165, 1.54) is 12.0 Å². The summed E-state index contributed by atoms with van der Waals surface area (Å²) in [5.41, 5.74) is 5.49. The quantitative estimate of drug-likeness (QED) is 0.571. The van der Waals surface area contributed by atoms with Crippen molar-refractivity contribution in [1.82, 2.24) is 34.5 Å². The van der Waals surface area contributed by atoms with Gasteiger partial charge >= 0.3 is 0 Å². The van der Waals surface area contributed by atoms with E-state index in [9.17, 15) is 0 Å². The van der Waals surface area contributed by atoms with Gasteiger partial charge in [0.15, 0.2) is 0 Å². The highest BCUT2D eigenvalue weighted by Crippen LogP contribution is 2.27. The molecule has 27 heavy (non-hydrogen) atoms. The molecule has 138 valence electrons. The Morgan fingerprint density at radius 3 is 2.59 bits per heavy atom. The van der Waals surface area contributed by atoms with Gasteiger partial charge in [-0.2, -0.15) is 10.2 Å². The molecule has 3 heterocycles. The lowest BCUT2D eigenvalue weighted by Gasteiger charge is -2.16. The minimum absolute atomic E-state index is 0.0212. The van der Waals surface area contributed by atoms with Gasteiger partial charge in [0, 0.05) is 29.9 Å². The molecule has 4 rings (SSSR count). The highest BCUT2D eigenvalue weighted by Gasteiger charge is 2.19. The van der Waals surface area contributed by atoms with Gasteiger partial charge in [0.25, 0.3) is 0 Å². The predicted molar refractivity (Wildman–Crippen MR) is 103 cm³/mol. The van der Waals surface area contributed by atoms with Gasteiger partial charge in [-0.1, -0.05) is 30.3 Å². The van der Waals surface area contributed by atoms with Crippen molar-refractivity contribution in [3.05, 3.63) is 72.0 Å². The number of hydrogen-bond donors (Lipinski definition) is 1. The average molecular weight is 361 g/mol. The van der Waals surface area contributed by atoms with Gasteiger partial charge < -0.3 is 4.57 Å². The third kappa shape index (κ3) is 3.40. The second-order valence-corrected chi connectivity index (χ2v) is 6.76. The molecule has 0 aliphatic heterocycles. The van der Waals surface area contributed by atoms with Crippen molar-refractivity contribution in [1.29, 1.82) is 0 Å². The molecule has 1 atom stereocenters. The Morgan fingerprint density at radius 1 is 1.11 bits per heavy atom. The molecule has 0 unspecified atom stereocenters. The molecular formula is C20H23N7. The second kappa shape index (κ2) is 7.19. The van der Waals surface area contributed by atoms with E-state index in [-0.39, 0.29) is 6.04 Å². The van der Waals surface area contributed by atoms with Crippen LogP contribution < -0.4 is 0 Å². The van der Waals surface area contributed by atoms with E-state index in [0.717, 1.165) is 41.4 Å². The first-order valence-corrected chi connectivity index (χ1v) is 9.11. The van der Waals surface area contributed by atoms with Crippen molar-refractivity contribution < 1.29 is 0 Å². The number of benzene rings is 1. The summed E-state index contributed by atoms with van der Waals surface area (Å²) < 4.78 is 4.23. The summed E-state index contributed by atoms with van der Waals surface area (Å²) >= 11 is 0. The first-order chi connectivity index (χ1) is 13.1. The predicted octanol–water partition coefficient (Wildman–Crippen LogP) is 3.33. The number of rotatable bonds is 6. The summed E-state index contributed by atoms with van der Waals surface area (Å²) in [6.07, 6.45) is 4.26. The van der Waals surface area contributed by atoms with E-state index >= 15 is 0 Å². The second-order valence-electron chi connectivity index (χ2n) is 6.76. The highest BCUT2D eigenvalue weighted by atomic mass is 15.3. The normalized spacial score (nSPS) is 12.4. The molecule has 0 saturated carbocycles. The van der Waals surface area contributed by atoms with Crippen LogP contribution in [0.4, 0.5) is 0 Å². The van der Waals surface area contributed by atoms with Crippen LogP contribution in [0.15, 0.2) is 49.1 Å². The van der Waals surface area contributed by atoms with Crippen LogP contribution in [0.25, 0.3) is 11.3 Å². The van der Waals surface area contributed by atoms with E-state index in [1.54, 1.807) is 0 Å². The van der Waals surface area contributed by atoms with Crippen LogP contribution in [0, 0.1) is 13.8 Å². The highest BCUT2D eigenvalue weighted by molar-refractivity contribution is 5.62. The Morgan fingerprint density at radius 2 is 1.93 bits per heavy atom. The van der Waals surface area contributed by atoms with E-state index in [2.05, 4.69) is 61.6 Å². The topological polar surface area (TPSA) is 77.2 Å². The Hall–Kier alpha value is -3.22. The molecule has 0 aliphatic rings. The van der Waals surface area contributed by atoms with Crippen molar-refractivity contribution in [2.75, 3.05) is 0 Å². The zero-order valence-corrected chi connectivity index (χ0v) is 15.8. The molecule has 0 radical (unpaired) electrons. The third-order valence-electron chi connectivity index (χ3n) is 4.85. The molecule has 0 aliphatic carbocycles. The Labute approximate surface area is 158 Å². The summed E-state index contributed by atoms with van der Waals surface area (Å²) in [7, 11) is 0. The van der Waals surface area contributed by atoms with Crippen LogP contribution in [0.5, 0.6) is 0 Å². The standard InChI is InChI=1S/C20H23N7/c1-14-11-15(2)27(25-14)10-9-18-19(17-7-5-4-6-8-17)22-13-26(18)16(3)20-21-12-23-24-20/h4-8,11-13,16H,9-10H2,1-3H3,(H,21,23,24)/t16-/m1/s1.